The lowest BCUT2D eigenvalue weighted by atomic mass is 10.1. The van der Waals surface area contributed by atoms with E-state index in [4.69, 9.17) is 4.52 Å². The maximum Gasteiger partial charge on any atom is 0.191 e. The molecule has 0 radical (unpaired) electrons. The Balaban J connectivity index is 1.92. The molecule has 0 unspecified atom stereocenters. The third-order valence-electron chi connectivity index (χ3n) is 3.76. The zero-order chi connectivity index (χ0) is 17.5. The summed E-state index contributed by atoms with van der Waals surface area (Å²) < 4.78 is 5.40. The minimum absolute atomic E-state index is 0.467. The van der Waals surface area contributed by atoms with Crippen LogP contribution >= 0.6 is 11.3 Å². The number of aryl methyl sites for hydroxylation is 2. The van der Waals surface area contributed by atoms with Gasteiger partial charge in [0.1, 0.15) is 5.76 Å². The summed E-state index contributed by atoms with van der Waals surface area (Å²) in [5.74, 6) is 2.16. The van der Waals surface area contributed by atoms with E-state index < -0.39 is 0 Å². The van der Waals surface area contributed by atoms with E-state index in [1.54, 1.807) is 18.4 Å². The third-order valence-corrected chi connectivity index (χ3v) is 4.96. The maximum atomic E-state index is 5.40. The van der Waals surface area contributed by atoms with Crippen LogP contribution in [0.2, 0.25) is 0 Å². The highest BCUT2D eigenvalue weighted by atomic mass is 32.1. The largest absolute Gasteiger partial charge is 0.361 e. The molecule has 6 nitrogen and oxygen atoms in total. The Labute approximate surface area is 147 Å². The Morgan fingerprint density at radius 1 is 1.25 bits per heavy atom. The van der Waals surface area contributed by atoms with Crippen molar-refractivity contribution in [2.45, 2.75) is 59.5 Å². The van der Waals surface area contributed by atoms with Crippen LogP contribution in [0.1, 0.15) is 61.3 Å². The second-order valence-electron chi connectivity index (χ2n) is 5.85. The first-order chi connectivity index (χ1) is 11.6. The van der Waals surface area contributed by atoms with Crippen LogP contribution in [-0.2, 0) is 25.9 Å². The number of aromatic nitrogens is 2. The summed E-state index contributed by atoms with van der Waals surface area (Å²) in [5, 5.41) is 14.0. The Morgan fingerprint density at radius 3 is 2.58 bits per heavy atom. The highest BCUT2D eigenvalue weighted by Gasteiger charge is 2.13. The van der Waals surface area contributed by atoms with Crippen LogP contribution in [0.3, 0.4) is 0 Å². The Bertz CT molecular complexity index is 653. The van der Waals surface area contributed by atoms with Gasteiger partial charge in [-0.15, -0.1) is 11.3 Å². The van der Waals surface area contributed by atoms with Crippen molar-refractivity contribution in [3.05, 3.63) is 33.1 Å². The van der Waals surface area contributed by atoms with E-state index in [0.717, 1.165) is 41.5 Å². The molecular formula is C17H27N5OS. The fourth-order valence-corrected chi connectivity index (χ4v) is 3.21. The van der Waals surface area contributed by atoms with Crippen molar-refractivity contribution in [1.82, 2.24) is 20.8 Å². The van der Waals surface area contributed by atoms with Crippen LogP contribution in [-0.4, -0.2) is 23.1 Å². The minimum atomic E-state index is 0.467. The van der Waals surface area contributed by atoms with Crippen molar-refractivity contribution in [1.29, 1.82) is 0 Å². The predicted octanol–water partition coefficient (Wildman–Crippen LogP) is 3.24. The normalized spacial score (nSPS) is 12.0. The molecule has 132 valence electrons. The van der Waals surface area contributed by atoms with E-state index in [2.05, 4.69) is 58.8 Å². The molecule has 0 saturated heterocycles. The number of nitrogens with zero attached hydrogens (tertiary/aromatic N) is 3. The number of hydrogen-bond donors (Lipinski definition) is 2. The van der Waals surface area contributed by atoms with Crippen LogP contribution in [0.4, 0.5) is 0 Å². The number of thiazole rings is 1. The molecule has 2 rings (SSSR count). The van der Waals surface area contributed by atoms with Gasteiger partial charge in [-0.25, -0.2) is 4.98 Å². The van der Waals surface area contributed by atoms with Gasteiger partial charge in [-0.3, -0.25) is 4.99 Å². The first-order valence-electron chi connectivity index (χ1n) is 8.44. The van der Waals surface area contributed by atoms with Crippen molar-refractivity contribution in [2.75, 3.05) is 7.05 Å². The number of rotatable bonds is 7. The van der Waals surface area contributed by atoms with Gasteiger partial charge < -0.3 is 15.2 Å². The summed E-state index contributed by atoms with van der Waals surface area (Å²) in [5.41, 5.74) is 3.19. The van der Waals surface area contributed by atoms with Gasteiger partial charge in [0.25, 0.3) is 0 Å². The van der Waals surface area contributed by atoms with E-state index in [9.17, 15) is 0 Å². The molecule has 0 amide bonds. The molecule has 24 heavy (non-hydrogen) atoms. The van der Waals surface area contributed by atoms with Gasteiger partial charge in [-0.1, -0.05) is 32.9 Å². The third kappa shape index (κ3) is 4.56. The standard InChI is InChI=1S/C17H27N5OS/c1-6-14-13(15(7-2)23-22-14)9-20-17(18-5)19-8-12-10-24-16(21-12)11(3)4/h10-11H,6-9H2,1-5H3,(H2,18,19,20). The van der Waals surface area contributed by atoms with E-state index in [0.29, 0.717) is 19.0 Å². The fraction of sp³-hybridized carbons (Fsp3) is 0.588. The highest BCUT2D eigenvalue weighted by Crippen LogP contribution is 2.19. The predicted molar refractivity (Wildman–Crippen MR) is 98.5 cm³/mol. The van der Waals surface area contributed by atoms with E-state index in [1.807, 2.05) is 0 Å². The molecule has 7 heteroatoms. The van der Waals surface area contributed by atoms with Crippen LogP contribution < -0.4 is 10.6 Å². The molecule has 2 aromatic rings. The molecule has 0 aliphatic rings. The Hall–Kier alpha value is -1.89. The van der Waals surface area contributed by atoms with Gasteiger partial charge in [0.2, 0.25) is 0 Å². The van der Waals surface area contributed by atoms with Gasteiger partial charge >= 0.3 is 0 Å². The van der Waals surface area contributed by atoms with E-state index in [-0.39, 0.29) is 0 Å². The number of nitrogens with one attached hydrogen (secondary N) is 2. The van der Waals surface area contributed by atoms with Crippen LogP contribution in [0.15, 0.2) is 14.9 Å². The molecule has 2 aromatic heterocycles. The topological polar surface area (TPSA) is 75.3 Å². The van der Waals surface area contributed by atoms with Crippen LogP contribution in [0.5, 0.6) is 0 Å². The molecule has 0 saturated carbocycles. The SMILES string of the molecule is CCc1noc(CC)c1CNC(=NC)NCc1csc(C(C)C)n1. The van der Waals surface area contributed by atoms with Crippen LogP contribution in [0.25, 0.3) is 0 Å². The molecule has 0 aliphatic heterocycles. The first kappa shape index (κ1) is 18.4. The average molecular weight is 350 g/mol. The molecule has 2 N–H and O–H groups in total. The number of aliphatic imine (C=N–C) groups is 1. The van der Waals surface area contributed by atoms with Crippen molar-refractivity contribution in [2.24, 2.45) is 4.99 Å². The fourth-order valence-electron chi connectivity index (χ4n) is 2.37. The monoisotopic (exact) mass is 349 g/mol. The van der Waals surface area contributed by atoms with E-state index >= 15 is 0 Å². The highest BCUT2D eigenvalue weighted by molar-refractivity contribution is 7.09. The lowest BCUT2D eigenvalue weighted by Crippen LogP contribution is -2.36. The second-order valence-corrected chi connectivity index (χ2v) is 6.74. The lowest BCUT2D eigenvalue weighted by molar-refractivity contribution is 0.380. The number of guanidine groups is 1. The van der Waals surface area contributed by atoms with Crippen molar-refractivity contribution >= 4 is 17.3 Å². The smallest absolute Gasteiger partial charge is 0.191 e. The summed E-state index contributed by atoms with van der Waals surface area (Å²) in [6.45, 7) is 9.79. The van der Waals surface area contributed by atoms with Crippen molar-refractivity contribution in [3.63, 3.8) is 0 Å². The van der Waals surface area contributed by atoms with Crippen molar-refractivity contribution in [3.8, 4) is 0 Å². The maximum absolute atomic E-state index is 5.40. The molecule has 0 spiro atoms. The Morgan fingerprint density at radius 2 is 2.00 bits per heavy atom. The summed E-state index contributed by atoms with van der Waals surface area (Å²) in [6.07, 6.45) is 1.70. The summed E-state index contributed by atoms with van der Waals surface area (Å²) in [4.78, 5) is 8.90. The quantitative estimate of drug-likeness (QED) is 0.593. The average Bonchev–Trinajstić information content (AvgIpc) is 3.21. The van der Waals surface area contributed by atoms with Gasteiger partial charge in [0, 0.05) is 36.9 Å². The lowest BCUT2D eigenvalue weighted by Gasteiger charge is -2.11. The minimum Gasteiger partial charge on any atom is -0.361 e. The van der Waals surface area contributed by atoms with Gasteiger partial charge in [-0.05, 0) is 6.42 Å². The Kier molecular flexibility index (Phi) is 6.78. The molecule has 0 fully saturated rings. The summed E-state index contributed by atoms with van der Waals surface area (Å²) >= 11 is 1.71. The zero-order valence-corrected chi connectivity index (χ0v) is 16.0. The summed E-state index contributed by atoms with van der Waals surface area (Å²) in [6, 6.07) is 0. The molecular weight excluding hydrogens is 322 g/mol. The molecule has 0 aliphatic carbocycles. The van der Waals surface area contributed by atoms with Gasteiger partial charge in [0.05, 0.1) is 22.9 Å². The van der Waals surface area contributed by atoms with Crippen molar-refractivity contribution < 1.29 is 4.52 Å². The molecule has 0 bridgehead atoms. The first-order valence-corrected chi connectivity index (χ1v) is 9.32. The van der Waals surface area contributed by atoms with Crippen LogP contribution in [0, 0.1) is 0 Å². The number of hydrogen-bond acceptors (Lipinski definition) is 5. The van der Waals surface area contributed by atoms with E-state index in [1.165, 1.54) is 5.01 Å². The summed E-state index contributed by atoms with van der Waals surface area (Å²) in [7, 11) is 1.77. The molecule has 0 atom stereocenters. The molecule has 2 heterocycles. The van der Waals surface area contributed by atoms with Gasteiger partial charge in [0.15, 0.2) is 5.96 Å². The second kappa shape index (κ2) is 8.82. The molecule has 0 aromatic carbocycles. The van der Waals surface area contributed by atoms with Gasteiger partial charge in [-0.2, -0.15) is 0 Å². The zero-order valence-electron chi connectivity index (χ0n) is 15.1.